The summed E-state index contributed by atoms with van der Waals surface area (Å²) in [6.45, 7) is 4.72. The molecule has 1 aliphatic heterocycles. The Morgan fingerprint density at radius 3 is 2.87 bits per heavy atom. The van der Waals surface area contributed by atoms with Gasteiger partial charge in [0.15, 0.2) is 5.89 Å². The molecule has 5 rings (SSSR count). The quantitative estimate of drug-likeness (QED) is 0.703. The summed E-state index contributed by atoms with van der Waals surface area (Å²) < 4.78 is 5.57. The van der Waals surface area contributed by atoms with Crippen molar-refractivity contribution in [3.8, 4) is 11.4 Å². The number of rotatable bonds is 2. The number of H-pyrrole nitrogens is 1. The molecule has 1 saturated heterocycles. The number of carbonyl (C=O) groups is 1. The highest BCUT2D eigenvalue weighted by Gasteiger charge is 2.46. The molecule has 0 radical (unpaired) electrons. The maximum Gasteiger partial charge on any atom is 0.291 e. The number of nitrogens with zero attached hydrogens (tertiary/aromatic N) is 4. The fourth-order valence-electron chi connectivity index (χ4n) is 4.87. The largest absolute Gasteiger partial charge is 0.436 e. The van der Waals surface area contributed by atoms with Crippen molar-refractivity contribution >= 4 is 5.91 Å². The van der Waals surface area contributed by atoms with Crippen LogP contribution in [0, 0.1) is 13.8 Å². The molecule has 0 bridgehead atoms. The Morgan fingerprint density at radius 1 is 1.27 bits per heavy atom. The first kappa shape index (κ1) is 18.7. The maximum absolute atomic E-state index is 13.1. The van der Waals surface area contributed by atoms with Crippen molar-refractivity contribution < 1.29 is 9.21 Å². The summed E-state index contributed by atoms with van der Waals surface area (Å²) in [6.07, 6.45) is 6.63. The Balaban J connectivity index is 1.52. The van der Waals surface area contributed by atoms with E-state index < -0.39 is 0 Å². The number of oxazole rings is 1. The third kappa shape index (κ3) is 2.94. The van der Waals surface area contributed by atoms with Gasteiger partial charge in [-0.15, -0.1) is 0 Å². The Labute approximate surface area is 173 Å². The van der Waals surface area contributed by atoms with Crippen LogP contribution < -0.4 is 5.56 Å². The Bertz CT molecular complexity index is 1180. The Morgan fingerprint density at radius 2 is 2.13 bits per heavy atom. The van der Waals surface area contributed by atoms with Crippen molar-refractivity contribution in [1.82, 2.24) is 24.8 Å². The van der Waals surface area contributed by atoms with Gasteiger partial charge >= 0.3 is 0 Å². The molecule has 0 saturated carbocycles. The van der Waals surface area contributed by atoms with Crippen LogP contribution in [0.15, 0.2) is 33.7 Å². The summed E-state index contributed by atoms with van der Waals surface area (Å²) >= 11 is 0. The molecule has 1 spiro atoms. The molecule has 1 amide bonds. The van der Waals surface area contributed by atoms with E-state index in [4.69, 9.17) is 9.40 Å². The number of likely N-dealkylation sites (tertiary alicyclic amines) is 1. The maximum atomic E-state index is 13.1. The first-order valence-corrected chi connectivity index (χ1v) is 10.2. The topological polar surface area (TPSA) is 105 Å². The second kappa shape index (κ2) is 6.90. The molecule has 8 nitrogen and oxygen atoms in total. The molecular weight excluding hydrogens is 382 g/mol. The van der Waals surface area contributed by atoms with E-state index in [-0.39, 0.29) is 16.9 Å². The lowest BCUT2D eigenvalue weighted by Gasteiger charge is -2.40. The van der Waals surface area contributed by atoms with E-state index in [1.54, 1.807) is 26.2 Å². The smallest absolute Gasteiger partial charge is 0.291 e. The number of hydrogen-bond donors (Lipinski definition) is 1. The van der Waals surface area contributed by atoms with E-state index >= 15 is 0 Å². The van der Waals surface area contributed by atoms with Crippen molar-refractivity contribution in [3.63, 3.8) is 0 Å². The van der Waals surface area contributed by atoms with Crippen LogP contribution in [0.2, 0.25) is 0 Å². The lowest BCUT2D eigenvalue weighted by Crippen LogP contribution is -2.48. The highest BCUT2D eigenvalue weighted by atomic mass is 16.4. The number of aromatic amines is 1. The zero-order valence-corrected chi connectivity index (χ0v) is 17.1. The second-order valence-electron chi connectivity index (χ2n) is 8.24. The van der Waals surface area contributed by atoms with Crippen molar-refractivity contribution in [3.05, 3.63) is 63.5 Å². The minimum Gasteiger partial charge on any atom is -0.436 e. The van der Waals surface area contributed by atoms with Crippen LogP contribution in [0.4, 0.5) is 0 Å². The van der Waals surface area contributed by atoms with Gasteiger partial charge in [-0.25, -0.2) is 9.97 Å². The fraction of sp³-hybridized carbons (Fsp3) is 0.409. The zero-order chi connectivity index (χ0) is 20.9. The summed E-state index contributed by atoms with van der Waals surface area (Å²) in [6, 6.07) is 3.70. The number of fused-ring (bicyclic) bond motifs is 2. The molecule has 8 heteroatoms. The number of hydrogen-bond acceptors (Lipinski definition) is 6. The molecule has 1 fully saturated rings. The molecule has 2 aliphatic rings. The molecule has 1 unspecified atom stereocenters. The van der Waals surface area contributed by atoms with Crippen LogP contribution in [-0.4, -0.2) is 43.8 Å². The second-order valence-corrected chi connectivity index (χ2v) is 8.24. The van der Waals surface area contributed by atoms with Crippen LogP contribution in [0.1, 0.15) is 52.7 Å². The molecule has 154 valence electrons. The number of aryl methyl sites for hydroxylation is 2. The molecular formula is C22H23N5O3. The number of pyridine rings is 1. The predicted octanol–water partition coefficient (Wildman–Crippen LogP) is 2.56. The van der Waals surface area contributed by atoms with Gasteiger partial charge < -0.3 is 14.3 Å². The zero-order valence-electron chi connectivity index (χ0n) is 17.1. The lowest BCUT2D eigenvalue weighted by atomic mass is 9.77. The molecule has 1 atom stereocenters. The normalized spacial score (nSPS) is 20.5. The summed E-state index contributed by atoms with van der Waals surface area (Å²) in [5, 5.41) is 0. The van der Waals surface area contributed by atoms with Gasteiger partial charge in [-0.3, -0.25) is 14.6 Å². The lowest BCUT2D eigenvalue weighted by molar-refractivity contribution is 0.0599. The third-order valence-electron chi connectivity index (χ3n) is 6.27. The predicted molar refractivity (Wildman–Crippen MR) is 109 cm³/mol. The van der Waals surface area contributed by atoms with Crippen LogP contribution in [0.25, 0.3) is 11.4 Å². The Hall–Kier alpha value is -3.29. The molecule has 30 heavy (non-hydrogen) atoms. The van der Waals surface area contributed by atoms with E-state index in [0.29, 0.717) is 42.7 Å². The summed E-state index contributed by atoms with van der Waals surface area (Å²) in [4.78, 5) is 43.9. The number of amides is 1. The van der Waals surface area contributed by atoms with Gasteiger partial charge in [-0.05, 0) is 44.7 Å². The molecule has 3 aromatic rings. The van der Waals surface area contributed by atoms with E-state index in [9.17, 15) is 9.59 Å². The fourth-order valence-corrected chi connectivity index (χ4v) is 4.87. The van der Waals surface area contributed by atoms with E-state index in [0.717, 1.165) is 36.1 Å². The molecule has 1 aliphatic carbocycles. The van der Waals surface area contributed by atoms with Crippen LogP contribution in [0.3, 0.4) is 0 Å². The van der Waals surface area contributed by atoms with Gasteiger partial charge in [-0.2, -0.15) is 0 Å². The first-order chi connectivity index (χ1) is 14.5. The number of carbonyl (C=O) groups excluding carboxylic acids is 1. The highest BCUT2D eigenvalue weighted by Crippen LogP contribution is 2.43. The minimum absolute atomic E-state index is 0.0964. The number of piperidine rings is 1. The van der Waals surface area contributed by atoms with Crippen LogP contribution >= 0.6 is 0 Å². The molecule has 3 aromatic heterocycles. The standard InChI is InChI=1S/C22H23N5O3/c1-13-17(30-14(2)24-13)21(29)27-10-4-7-22(12-27)8-6-16-18(22)25-19(26-20(16)28)15-5-3-9-23-11-15/h3,5,9,11H,4,6-8,10,12H2,1-2H3,(H,25,26,28). The van der Waals surface area contributed by atoms with Crippen molar-refractivity contribution in [2.45, 2.75) is 44.9 Å². The van der Waals surface area contributed by atoms with E-state index in [1.165, 1.54) is 0 Å². The third-order valence-corrected chi connectivity index (χ3v) is 6.27. The van der Waals surface area contributed by atoms with Gasteiger partial charge in [0.05, 0.1) is 11.4 Å². The van der Waals surface area contributed by atoms with Crippen LogP contribution in [-0.2, 0) is 11.8 Å². The van der Waals surface area contributed by atoms with Crippen molar-refractivity contribution in [2.24, 2.45) is 0 Å². The summed E-state index contributed by atoms with van der Waals surface area (Å²) in [5.41, 5.74) is 2.54. The SMILES string of the molecule is Cc1nc(C)c(C(=O)N2CCCC3(CCc4c3nc(-c3cccnc3)[nH]c4=O)C2)o1. The van der Waals surface area contributed by atoms with Gasteiger partial charge in [-0.1, -0.05) is 0 Å². The molecule has 0 aromatic carbocycles. The molecule has 1 N–H and O–H groups in total. The van der Waals surface area contributed by atoms with E-state index in [1.807, 2.05) is 17.0 Å². The van der Waals surface area contributed by atoms with Gasteiger partial charge in [0.1, 0.15) is 5.82 Å². The van der Waals surface area contributed by atoms with Gasteiger partial charge in [0.2, 0.25) is 5.76 Å². The monoisotopic (exact) mass is 405 g/mol. The van der Waals surface area contributed by atoms with Crippen LogP contribution in [0.5, 0.6) is 0 Å². The highest BCUT2D eigenvalue weighted by molar-refractivity contribution is 5.92. The summed E-state index contributed by atoms with van der Waals surface area (Å²) in [7, 11) is 0. The van der Waals surface area contributed by atoms with Crippen molar-refractivity contribution in [2.75, 3.05) is 13.1 Å². The van der Waals surface area contributed by atoms with Gasteiger partial charge in [0, 0.05) is 48.9 Å². The first-order valence-electron chi connectivity index (χ1n) is 10.2. The Kier molecular flexibility index (Phi) is 4.30. The van der Waals surface area contributed by atoms with Gasteiger partial charge in [0.25, 0.3) is 11.5 Å². The average molecular weight is 405 g/mol. The average Bonchev–Trinajstić information content (AvgIpc) is 3.28. The van der Waals surface area contributed by atoms with E-state index in [2.05, 4.69) is 15.0 Å². The van der Waals surface area contributed by atoms with Crippen molar-refractivity contribution in [1.29, 1.82) is 0 Å². The number of aromatic nitrogens is 4. The summed E-state index contributed by atoms with van der Waals surface area (Å²) in [5.74, 6) is 1.18. The number of nitrogens with one attached hydrogen (secondary N) is 1. The minimum atomic E-state index is -0.308. The molecule has 4 heterocycles.